The first kappa shape index (κ1) is 19.5. The van der Waals surface area contributed by atoms with E-state index >= 15 is 0 Å². The summed E-state index contributed by atoms with van der Waals surface area (Å²) in [6.07, 6.45) is 2.47. The van der Waals surface area contributed by atoms with E-state index in [9.17, 15) is 4.79 Å². The van der Waals surface area contributed by atoms with Gasteiger partial charge in [0.1, 0.15) is 11.6 Å². The minimum absolute atomic E-state index is 0.357. The van der Waals surface area contributed by atoms with Gasteiger partial charge in [-0.3, -0.25) is 0 Å². The maximum Gasteiger partial charge on any atom is 0.323 e. The van der Waals surface area contributed by atoms with E-state index in [0.29, 0.717) is 16.4 Å². The lowest BCUT2D eigenvalue weighted by molar-refractivity contribution is 0.262. The Morgan fingerprint density at radius 1 is 1.04 bits per heavy atom. The van der Waals surface area contributed by atoms with Crippen LogP contribution in [0.5, 0.6) is 5.75 Å². The number of pyridine rings is 1. The number of hydrogen-bond acceptors (Lipinski definition) is 4. The van der Waals surface area contributed by atoms with Crippen molar-refractivity contribution >= 4 is 34.8 Å². The van der Waals surface area contributed by atoms with Crippen molar-refractivity contribution in [2.24, 2.45) is 0 Å². The summed E-state index contributed by atoms with van der Waals surface area (Å²) >= 11 is 5.91. The van der Waals surface area contributed by atoms with Crippen LogP contribution in [0.15, 0.2) is 66.9 Å². The van der Waals surface area contributed by atoms with Gasteiger partial charge in [0.2, 0.25) is 0 Å². The van der Waals surface area contributed by atoms with Gasteiger partial charge in [-0.1, -0.05) is 29.8 Å². The first-order valence-corrected chi connectivity index (χ1v) is 9.16. The van der Waals surface area contributed by atoms with E-state index in [0.717, 1.165) is 24.5 Å². The van der Waals surface area contributed by atoms with Gasteiger partial charge >= 0.3 is 6.03 Å². The molecular weight excluding hydrogens is 376 g/mol. The van der Waals surface area contributed by atoms with Crippen LogP contribution in [0.1, 0.15) is 5.56 Å². The molecule has 144 valence electrons. The summed E-state index contributed by atoms with van der Waals surface area (Å²) in [5.41, 5.74) is 2.43. The number of anilines is 3. The highest BCUT2D eigenvalue weighted by Gasteiger charge is 2.04. The Hall–Kier alpha value is -3.25. The van der Waals surface area contributed by atoms with Crippen LogP contribution in [0.2, 0.25) is 5.02 Å². The van der Waals surface area contributed by atoms with Crippen molar-refractivity contribution in [2.45, 2.75) is 6.42 Å². The fourth-order valence-electron chi connectivity index (χ4n) is 2.56. The minimum Gasteiger partial charge on any atom is -0.497 e. The number of carbonyl (C=O) groups excluding carboxylic acids is 1. The molecule has 0 aliphatic rings. The van der Waals surface area contributed by atoms with Crippen molar-refractivity contribution in [1.82, 2.24) is 4.98 Å². The van der Waals surface area contributed by atoms with Crippen molar-refractivity contribution in [3.8, 4) is 5.75 Å². The van der Waals surface area contributed by atoms with Crippen molar-refractivity contribution < 1.29 is 9.53 Å². The zero-order valence-electron chi connectivity index (χ0n) is 15.4. The molecule has 0 atom stereocenters. The molecule has 0 saturated heterocycles. The number of halogens is 1. The number of benzene rings is 2. The Bertz CT molecular complexity index is 914. The van der Waals surface area contributed by atoms with E-state index in [2.05, 4.69) is 20.9 Å². The SMILES string of the molecule is COc1ccc(CCNc2ccc(NC(=O)Nc3cccc(Cl)c3)cn2)cc1. The molecule has 28 heavy (non-hydrogen) atoms. The van der Waals surface area contributed by atoms with Gasteiger partial charge in [-0.25, -0.2) is 9.78 Å². The molecule has 0 spiro atoms. The molecular formula is C21H21ClN4O2. The second-order valence-electron chi connectivity index (χ2n) is 6.05. The monoisotopic (exact) mass is 396 g/mol. The Labute approximate surface area is 168 Å². The fraction of sp³-hybridized carbons (Fsp3) is 0.143. The quantitative estimate of drug-likeness (QED) is 0.522. The third-order valence-corrected chi connectivity index (χ3v) is 4.22. The summed E-state index contributed by atoms with van der Waals surface area (Å²) in [5, 5.41) is 9.28. The molecule has 0 saturated carbocycles. The Morgan fingerprint density at radius 2 is 1.82 bits per heavy atom. The van der Waals surface area contributed by atoms with E-state index < -0.39 is 0 Å². The normalized spacial score (nSPS) is 10.2. The van der Waals surface area contributed by atoms with Crippen LogP contribution >= 0.6 is 11.6 Å². The predicted octanol–water partition coefficient (Wildman–Crippen LogP) is 5.04. The summed E-state index contributed by atoms with van der Waals surface area (Å²) < 4.78 is 5.15. The first-order valence-electron chi connectivity index (χ1n) is 8.79. The molecule has 1 heterocycles. The first-order chi connectivity index (χ1) is 13.6. The van der Waals surface area contributed by atoms with E-state index in [1.165, 1.54) is 5.56 Å². The third-order valence-electron chi connectivity index (χ3n) is 3.98. The van der Waals surface area contributed by atoms with Gasteiger partial charge in [0, 0.05) is 17.3 Å². The average molecular weight is 397 g/mol. The van der Waals surface area contributed by atoms with Crippen LogP contribution in [0.3, 0.4) is 0 Å². The summed E-state index contributed by atoms with van der Waals surface area (Å²) in [6, 6.07) is 18.2. The molecule has 1 aromatic heterocycles. The molecule has 3 rings (SSSR count). The number of urea groups is 1. The highest BCUT2D eigenvalue weighted by molar-refractivity contribution is 6.30. The van der Waals surface area contributed by atoms with Crippen LogP contribution < -0.4 is 20.7 Å². The minimum atomic E-state index is -0.357. The standard InChI is InChI=1S/C21H21ClN4O2/c1-28-19-8-5-15(6-9-19)11-12-23-20-10-7-18(14-24-20)26-21(27)25-17-4-2-3-16(22)13-17/h2-10,13-14H,11-12H2,1H3,(H,23,24)(H2,25,26,27). The molecule has 7 heteroatoms. The number of nitrogens with zero attached hydrogens (tertiary/aromatic N) is 1. The van der Waals surface area contributed by atoms with Gasteiger partial charge in [0.05, 0.1) is 19.0 Å². The second-order valence-corrected chi connectivity index (χ2v) is 6.48. The molecule has 3 N–H and O–H groups in total. The van der Waals surface area contributed by atoms with Crippen molar-refractivity contribution in [2.75, 3.05) is 29.6 Å². The highest BCUT2D eigenvalue weighted by atomic mass is 35.5. The molecule has 6 nitrogen and oxygen atoms in total. The molecule has 0 bridgehead atoms. The van der Waals surface area contributed by atoms with Crippen LogP contribution in [-0.2, 0) is 6.42 Å². The van der Waals surface area contributed by atoms with Gasteiger partial charge in [0.25, 0.3) is 0 Å². The van der Waals surface area contributed by atoms with Crippen LogP contribution in [0, 0.1) is 0 Å². The topological polar surface area (TPSA) is 75.3 Å². The fourth-order valence-corrected chi connectivity index (χ4v) is 2.75. The van der Waals surface area contributed by atoms with Crippen LogP contribution in [0.25, 0.3) is 0 Å². The molecule has 0 unspecified atom stereocenters. The van der Waals surface area contributed by atoms with E-state index in [1.807, 2.05) is 30.3 Å². The smallest absolute Gasteiger partial charge is 0.323 e. The second kappa shape index (κ2) is 9.62. The van der Waals surface area contributed by atoms with Crippen molar-refractivity contribution in [3.63, 3.8) is 0 Å². The maximum absolute atomic E-state index is 12.0. The number of amides is 2. The summed E-state index contributed by atoms with van der Waals surface area (Å²) in [7, 11) is 1.65. The van der Waals surface area contributed by atoms with Crippen LogP contribution in [0.4, 0.5) is 22.0 Å². The zero-order chi connectivity index (χ0) is 19.8. The van der Waals surface area contributed by atoms with Gasteiger partial charge in [-0.05, 0) is 54.4 Å². The number of methoxy groups -OCH3 is 1. The van der Waals surface area contributed by atoms with Crippen molar-refractivity contribution in [3.05, 3.63) is 77.4 Å². The molecule has 0 aliphatic carbocycles. The Balaban J connectivity index is 1.45. The summed E-state index contributed by atoms with van der Waals surface area (Å²) in [6.45, 7) is 0.751. The Morgan fingerprint density at radius 3 is 2.50 bits per heavy atom. The Kier molecular flexibility index (Phi) is 6.70. The number of hydrogen-bond donors (Lipinski definition) is 3. The largest absolute Gasteiger partial charge is 0.497 e. The number of ether oxygens (including phenoxy) is 1. The zero-order valence-corrected chi connectivity index (χ0v) is 16.2. The molecule has 2 amide bonds. The van der Waals surface area contributed by atoms with Gasteiger partial charge < -0.3 is 20.7 Å². The number of nitrogens with one attached hydrogen (secondary N) is 3. The van der Waals surface area contributed by atoms with Gasteiger partial charge in [0.15, 0.2) is 0 Å². The predicted molar refractivity (Wildman–Crippen MR) is 114 cm³/mol. The third kappa shape index (κ3) is 5.89. The van der Waals surface area contributed by atoms with E-state index in [4.69, 9.17) is 16.3 Å². The summed E-state index contributed by atoms with van der Waals surface area (Å²) in [4.78, 5) is 16.4. The molecule has 0 radical (unpaired) electrons. The van der Waals surface area contributed by atoms with E-state index in [-0.39, 0.29) is 6.03 Å². The number of rotatable bonds is 7. The summed E-state index contributed by atoms with van der Waals surface area (Å²) in [5.74, 6) is 1.59. The van der Waals surface area contributed by atoms with E-state index in [1.54, 1.807) is 43.6 Å². The van der Waals surface area contributed by atoms with Crippen molar-refractivity contribution in [1.29, 1.82) is 0 Å². The number of carbonyl (C=O) groups is 1. The average Bonchev–Trinajstić information content (AvgIpc) is 2.70. The molecule has 0 fully saturated rings. The lowest BCUT2D eigenvalue weighted by Gasteiger charge is -2.09. The molecule has 3 aromatic rings. The highest BCUT2D eigenvalue weighted by Crippen LogP contribution is 2.16. The lowest BCUT2D eigenvalue weighted by Crippen LogP contribution is -2.19. The molecule has 0 aliphatic heterocycles. The number of aromatic nitrogens is 1. The van der Waals surface area contributed by atoms with Gasteiger partial charge in [-0.2, -0.15) is 0 Å². The van der Waals surface area contributed by atoms with Gasteiger partial charge in [-0.15, -0.1) is 0 Å². The lowest BCUT2D eigenvalue weighted by atomic mass is 10.1. The molecule has 2 aromatic carbocycles. The maximum atomic E-state index is 12.0. The van der Waals surface area contributed by atoms with Crippen LogP contribution in [-0.4, -0.2) is 24.7 Å².